The lowest BCUT2D eigenvalue weighted by Crippen LogP contribution is -2.12. The van der Waals surface area contributed by atoms with E-state index in [0.717, 1.165) is 42.9 Å². The van der Waals surface area contributed by atoms with Gasteiger partial charge in [0, 0.05) is 15.3 Å². The first-order valence-electron chi connectivity index (χ1n) is 9.17. The Bertz CT molecular complexity index is 1200. The maximum Gasteiger partial charge on any atom is 0.266 e. The van der Waals surface area contributed by atoms with Crippen LogP contribution in [-0.2, 0) is 6.42 Å². The largest absolute Gasteiger partial charge is 0.321 e. The Morgan fingerprint density at radius 2 is 1.76 bits per heavy atom. The van der Waals surface area contributed by atoms with E-state index in [0.29, 0.717) is 6.42 Å². The van der Waals surface area contributed by atoms with Gasteiger partial charge in [0.2, 0.25) is 0 Å². The van der Waals surface area contributed by atoms with Gasteiger partial charge in [-0.05, 0) is 72.0 Å². The minimum Gasteiger partial charge on any atom is -0.321 e. The van der Waals surface area contributed by atoms with Crippen molar-refractivity contribution in [2.24, 2.45) is 0 Å². The summed E-state index contributed by atoms with van der Waals surface area (Å²) >= 11 is 2.63. The summed E-state index contributed by atoms with van der Waals surface area (Å²) in [5.41, 5.74) is 4.19. The number of thioether (sulfide) groups is 1. The predicted molar refractivity (Wildman–Crippen MR) is 122 cm³/mol. The molecule has 5 heteroatoms. The van der Waals surface area contributed by atoms with Crippen molar-refractivity contribution < 1.29 is 4.79 Å². The summed E-state index contributed by atoms with van der Waals surface area (Å²) in [6.45, 7) is 2.07. The zero-order valence-electron chi connectivity index (χ0n) is 15.8. The van der Waals surface area contributed by atoms with E-state index in [9.17, 15) is 4.79 Å². The molecule has 142 valence electrons. The molecule has 0 bridgehead atoms. The number of amides is 1. The monoisotopic (exact) mass is 414 g/mol. The van der Waals surface area contributed by atoms with Gasteiger partial charge in [-0.15, -0.1) is 11.3 Å². The normalized spacial score (nSPS) is 10.6. The SMILES string of the molecule is Cc1ccc(Cc2c(C(=O)Nc3ccc(SC#N)cc3)sc3ccccc23)cc1. The second-order valence-corrected chi connectivity index (χ2v) is 8.65. The molecule has 1 heterocycles. The number of carbonyl (C=O) groups excluding carboxylic acids is 1. The van der Waals surface area contributed by atoms with E-state index < -0.39 is 0 Å². The highest BCUT2D eigenvalue weighted by atomic mass is 32.2. The number of thiocyanates is 1. The summed E-state index contributed by atoms with van der Waals surface area (Å²) in [7, 11) is 0. The smallest absolute Gasteiger partial charge is 0.266 e. The zero-order chi connectivity index (χ0) is 20.2. The maximum absolute atomic E-state index is 13.1. The topological polar surface area (TPSA) is 52.9 Å². The quantitative estimate of drug-likeness (QED) is 0.295. The number of hydrogen-bond donors (Lipinski definition) is 1. The molecule has 3 aromatic carbocycles. The van der Waals surface area contributed by atoms with Gasteiger partial charge in [-0.3, -0.25) is 4.79 Å². The molecule has 0 unspecified atom stereocenters. The number of fused-ring (bicyclic) bond motifs is 1. The summed E-state index contributed by atoms with van der Waals surface area (Å²) < 4.78 is 1.11. The Kier molecular flexibility index (Phi) is 5.66. The first kappa shape index (κ1) is 19.3. The number of hydrogen-bond acceptors (Lipinski definition) is 4. The molecule has 29 heavy (non-hydrogen) atoms. The van der Waals surface area contributed by atoms with E-state index >= 15 is 0 Å². The van der Waals surface area contributed by atoms with Crippen LogP contribution in [0.2, 0.25) is 0 Å². The molecular weight excluding hydrogens is 396 g/mol. The fraction of sp³-hybridized carbons (Fsp3) is 0.0833. The van der Waals surface area contributed by atoms with Crippen LogP contribution in [0.4, 0.5) is 5.69 Å². The number of benzene rings is 3. The second kappa shape index (κ2) is 8.52. The lowest BCUT2D eigenvalue weighted by Gasteiger charge is -2.08. The number of anilines is 1. The van der Waals surface area contributed by atoms with Gasteiger partial charge >= 0.3 is 0 Å². The summed E-state index contributed by atoms with van der Waals surface area (Å²) in [4.78, 5) is 14.7. The van der Waals surface area contributed by atoms with E-state index in [1.165, 1.54) is 22.5 Å². The summed E-state index contributed by atoms with van der Waals surface area (Å²) in [6, 6.07) is 23.9. The molecule has 4 aromatic rings. The first-order valence-corrected chi connectivity index (χ1v) is 10.8. The fourth-order valence-corrected chi connectivity index (χ4v) is 4.71. The Morgan fingerprint density at radius 3 is 2.48 bits per heavy atom. The molecule has 0 saturated heterocycles. The molecule has 3 nitrogen and oxygen atoms in total. The van der Waals surface area contributed by atoms with Crippen LogP contribution in [0.25, 0.3) is 10.1 Å². The van der Waals surface area contributed by atoms with Crippen molar-refractivity contribution in [3.8, 4) is 5.40 Å². The van der Waals surface area contributed by atoms with Gasteiger partial charge < -0.3 is 5.32 Å². The Labute approximate surface area is 178 Å². The Balaban J connectivity index is 1.66. The Hall–Kier alpha value is -3.07. The molecular formula is C24H18N2OS2. The number of nitriles is 1. The van der Waals surface area contributed by atoms with Gasteiger partial charge in [-0.2, -0.15) is 5.26 Å². The van der Waals surface area contributed by atoms with Crippen LogP contribution in [0.1, 0.15) is 26.4 Å². The Morgan fingerprint density at radius 1 is 1.03 bits per heavy atom. The van der Waals surface area contributed by atoms with Crippen LogP contribution in [0.15, 0.2) is 77.7 Å². The summed E-state index contributed by atoms with van der Waals surface area (Å²) in [5.74, 6) is -0.103. The number of aryl methyl sites for hydroxylation is 1. The van der Waals surface area contributed by atoms with Gasteiger partial charge in [-0.25, -0.2) is 0 Å². The van der Waals surface area contributed by atoms with Crippen molar-refractivity contribution >= 4 is 44.8 Å². The zero-order valence-corrected chi connectivity index (χ0v) is 17.4. The van der Waals surface area contributed by atoms with Gasteiger partial charge in [0.25, 0.3) is 5.91 Å². The lowest BCUT2D eigenvalue weighted by molar-refractivity contribution is 0.103. The molecule has 4 rings (SSSR count). The van der Waals surface area contributed by atoms with Crippen molar-refractivity contribution in [1.82, 2.24) is 0 Å². The van der Waals surface area contributed by atoms with Crippen LogP contribution >= 0.6 is 23.1 Å². The van der Waals surface area contributed by atoms with Gasteiger partial charge in [0.1, 0.15) is 5.40 Å². The fourth-order valence-electron chi connectivity index (χ4n) is 3.21. The van der Waals surface area contributed by atoms with Gasteiger partial charge in [-0.1, -0.05) is 48.0 Å². The maximum atomic E-state index is 13.1. The molecule has 0 aliphatic heterocycles. The van der Waals surface area contributed by atoms with Crippen LogP contribution in [0, 0.1) is 17.6 Å². The van der Waals surface area contributed by atoms with Crippen molar-refractivity contribution in [3.05, 3.63) is 94.4 Å². The second-order valence-electron chi connectivity index (χ2n) is 6.74. The number of nitrogens with one attached hydrogen (secondary N) is 1. The van der Waals surface area contributed by atoms with Gasteiger partial charge in [0.15, 0.2) is 0 Å². The van der Waals surface area contributed by atoms with E-state index in [2.05, 4.69) is 54.0 Å². The molecule has 0 aliphatic carbocycles. The minimum atomic E-state index is -0.103. The van der Waals surface area contributed by atoms with Crippen molar-refractivity contribution in [2.75, 3.05) is 5.32 Å². The summed E-state index contributed by atoms with van der Waals surface area (Å²) in [5, 5.41) is 14.9. The molecule has 0 radical (unpaired) electrons. The van der Waals surface area contributed by atoms with E-state index in [1.54, 1.807) is 0 Å². The average molecular weight is 415 g/mol. The van der Waals surface area contributed by atoms with E-state index in [1.807, 2.05) is 36.4 Å². The van der Waals surface area contributed by atoms with Crippen molar-refractivity contribution in [1.29, 1.82) is 5.26 Å². The third-order valence-electron chi connectivity index (χ3n) is 4.68. The number of nitrogens with zero attached hydrogens (tertiary/aromatic N) is 1. The lowest BCUT2D eigenvalue weighted by atomic mass is 10.0. The minimum absolute atomic E-state index is 0.103. The highest BCUT2D eigenvalue weighted by molar-refractivity contribution is 8.03. The predicted octanol–water partition coefficient (Wildman–Crippen LogP) is 6.63. The van der Waals surface area contributed by atoms with Crippen LogP contribution in [-0.4, -0.2) is 5.91 Å². The number of thiophene rings is 1. The molecule has 0 atom stereocenters. The highest BCUT2D eigenvalue weighted by Gasteiger charge is 2.19. The third-order valence-corrected chi connectivity index (χ3v) is 6.49. The highest BCUT2D eigenvalue weighted by Crippen LogP contribution is 2.33. The van der Waals surface area contributed by atoms with Crippen LogP contribution in [0.3, 0.4) is 0 Å². The molecule has 0 saturated carbocycles. The van der Waals surface area contributed by atoms with E-state index in [-0.39, 0.29) is 5.91 Å². The standard InChI is InChI=1S/C24H18N2OS2/c1-16-6-8-17(9-7-16)14-21-20-4-2-3-5-22(20)29-23(21)24(27)26-18-10-12-19(13-11-18)28-15-25/h2-13H,14H2,1H3,(H,26,27). The molecule has 0 aliphatic rings. The molecule has 1 amide bonds. The molecule has 1 N–H and O–H groups in total. The molecule has 0 spiro atoms. The van der Waals surface area contributed by atoms with Crippen LogP contribution in [0.5, 0.6) is 0 Å². The number of rotatable bonds is 5. The average Bonchev–Trinajstić information content (AvgIpc) is 3.10. The third kappa shape index (κ3) is 4.34. The summed E-state index contributed by atoms with van der Waals surface area (Å²) in [6.07, 6.45) is 0.713. The first-order chi connectivity index (χ1) is 14.1. The van der Waals surface area contributed by atoms with Crippen LogP contribution < -0.4 is 5.32 Å². The van der Waals surface area contributed by atoms with E-state index in [4.69, 9.17) is 5.26 Å². The molecule has 1 aromatic heterocycles. The number of carbonyl (C=O) groups is 1. The van der Waals surface area contributed by atoms with Gasteiger partial charge in [0.05, 0.1) is 4.88 Å². The van der Waals surface area contributed by atoms with Crippen molar-refractivity contribution in [2.45, 2.75) is 18.2 Å². The van der Waals surface area contributed by atoms with Crippen molar-refractivity contribution in [3.63, 3.8) is 0 Å². The molecule has 0 fully saturated rings.